The number of anilines is 1. The van der Waals surface area contributed by atoms with Gasteiger partial charge in [0.05, 0.1) is 11.8 Å². The molecular formula is C21H27N3O3. The topological polar surface area (TPSA) is 78.5 Å². The number of hydrogen-bond acceptors (Lipinski definition) is 4. The molecule has 4 atom stereocenters. The molecule has 4 rings (SSSR count). The predicted octanol–water partition coefficient (Wildman–Crippen LogP) is 2.17. The number of hydrogen-bond donors (Lipinski definition) is 2. The van der Waals surface area contributed by atoms with E-state index in [2.05, 4.69) is 10.6 Å². The normalized spacial score (nSPS) is 31.8. The summed E-state index contributed by atoms with van der Waals surface area (Å²) in [5.74, 6) is -1.61. The van der Waals surface area contributed by atoms with Gasteiger partial charge in [0.15, 0.2) is 0 Å². The van der Waals surface area contributed by atoms with Crippen molar-refractivity contribution < 1.29 is 14.4 Å². The Morgan fingerprint density at radius 3 is 2.59 bits per heavy atom. The average Bonchev–Trinajstić information content (AvgIpc) is 3.20. The molecular weight excluding hydrogens is 342 g/mol. The van der Waals surface area contributed by atoms with Crippen LogP contribution >= 0.6 is 0 Å². The number of carbonyl (C=O) groups is 3. The fraction of sp³-hybridized carbons (Fsp3) is 0.571. The molecule has 3 aliphatic rings. The fourth-order valence-electron chi connectivity index (χ4n) is 5.02. The Bertz CT molecular complexity index is 834. The maximum atomic E-state index is 13.4. The van der Waals surface area contributed by atoms with Crippen molar-refractivity contribution in [3.63, 3.8) is 0 Å². The van der Waals surface area contributed by atoms with Crippen LogP contribution in [0.5, 0.6) is 0 Å². The van der Waals surface area contributed by atoms with Gasteiger partial charge in [-0.05, 0) is 25.3 Å². The summed E-state index contributed by atoms with van der Waals surface area (Å²) in [6.45, 7) is 8.51. The SMILES string of the molecule is CCCCN1C(=O)[C@@H]2[C@@H](C(C)C)N[C@]3(C(=O)Nc4ccc(C)cc43)[C@@H]2C1=O. The zero-order valence-corrected chi connectivity index (χ0v) is 16.3. The molecule has 6 heteroatoms. The summed E-state index contributed by atoms with van der Waals surface area (Å²) >= 11 is 0. The van der Waals surface area contributed by atoms with Crippen molar-refractivity contribution in [2.24, 2.45) is 17.8 Å². The third-order valence-corrected chi connectivity index (χ3v) is 6.35. The summed E-state index contributed by atoms with van der Waals surface area (Å²) in [6.07, 6.45) is 1.69. The van der Waals surface area contributed by atoms with Gasteiger partial charge < -0.3 is 5.32 Å². The molecule has 3 amide bonds. The second-order valence-corrected chi connectivity index (χ2v) is 8.41. The highest BCUT2D eigenvalue weighted by Crippen LogP contribution is 2.54. The molecule has 0 aliphatic carbocycles. The van der Waals surface area contributed by atoms with E-state index < -0.39 is 17.4 Å². The highest BCUT2D eigenvalue weighted by atomic mass is 16.2. The summed E-state index contributed by atoms with van der Waals surface area (Å²) in [5, 5.41) is 6.40. The van der Waals surface area contributed by atoms with Gasteiger partial charge in [-0.25, -0.2) is 0 Å². The maximum absolute atomic E-state index is 13.4. The molecule has 144 valence electrons. The lowest BCUT2D eigenvalue weighted by Gasteiger charge is -2.30. The summed E-state index contributed by atoms with van der Waals surface area (Å²) in [5.41, 5.74) is 1.39. The number of fused-ring (bicyclic) bond motifs is 4. The number of nitrogens with zero attached hydrogens (tertiary/aromatic N) is 1. The van der Waals surface area contributed by atoms with Gasteiger partial charge in [-0.1, -0.05) is 44.9 Å². The number of nitrogens with one attached hydrogen (secondary N) is 2. The first-order chi connectivity index (χ1) is 12.8. The lowest BCUT2D eigenvalue weighted by molar-refractivity contribution is -0.143. The van der Waals surface area contributed by atoms with Crippen LogP contribution in [0.3, 0.4) is 0 Å². The minimum atomic E-state index is -1.16. The molecule has 6 nitrogen and oxygen atoms in total. The largest absolute Gasteiger partial charge is 0.324 e. The Hall–Kier alpha value is -2.21. The smallest absolute Gasteiger partial charge is 0.250 e. The summed E-state index contributed by atoms with van der Waals surface area (Å²) in [6, 6.07) is 5.58. The van der Waals surface area contributed by atoms with Crippen LogP contribution in [0.25, 0.3) is 0 Å². The number of aryl methyl sites for hydroxylation is 1. The van der Waals surface area contributed by atoms with Gasteiger partial charge in [0.25, 0.3) is 0 Å². The van der Waals surface area contributed by atoms with Crippen LogP contribution in [0.1, 0.15) is 44.7 Å². The fourth-order valence-corrected chi connectivity index (χ4v) is 5.02. The first-order valence-corrected chi connectivity index (χ1v) is 9.88. The molecule has 1 spiro atoms. The predicted molar refractivity (Wildman–Crippen MR) is 102 cm³/mol. The number of amides is 3. The summed E-state index contributed by atoms with van der Waals surface area (Å²) in [4.78, 5) is 41.1. The molecule has 0 saturated carbocycles. The van der Waals surface area contributed by atoms with E-state index in [0.29, 0.717) is 6.54 Å². The quantitative estimate of drug-likeness (QED) is 0.798. The number of rotatable bonds is 4. The van der Waals surface area contributed by atoms with Crippen LogP contribution in [0.15, 0.2) is 18.2 Å². The molecule has 27 heavy (non-hydrogen) atoms. The van der Waals surface area contributed by atoms with Gasteiger partial charge >= 0.3 is 0 Å². The second kappa shape index (κ2) is 6.16. The highest BCUT2D eigenvalue weighted by Gasteiger charge is 2.70. The third kappa shape index (κ3) is 2.32. The zero-order chi connectivity index (χ0) is 19.5. The van der Waals surface area contributed by atoms with E-state index in [9.17, 15) is 14.4 Å². The number of carbonyl (C=O) groups excluding carboxylic acids is 3. The van der Waals surface area contributed by atoms with Crippen LogP contribution in [0.2, 0.25) is 0 Å². The minimum Gasteiger partial charge on any atom is -0.324 e. The van der Waals surface area contributed by atoms with Crippen molar-refractivity contribution in [2.45, 2.75) is 52.1 Å². The van der Waals surface area contributed by atoms with Crippen LogP contribution in [-0.4, -0.2) is 35.2 Å². The van der Waals surface area contributed by atoms with Crippen molar-refractivity contribution >= 4 is 23.4 Å². The third-order valence-electron chi connectivity index (χ3n) is 6.35. The van der Waals surface area contributed by atoms with E-state index in [4.69, 9.17) is 0 Å². The molecule has 1 aromatic carbocycles. The Labute approximate surface area is 159 Å². The average molecular weight is 369 g/mol. The zero-order valence-electron chi connectivity index (χ0n) is 16.3. The summed E-state index contributed by atoms with van der Waals surface area (Å²) < 4.78 is 0. The first kappa shape index (κ1) is 18.2. The lowest BCUT2D eigenvalue weighted by Crippen LogP contribution is -2.54. The molecule has 0 unspecified atom stereocenters. The lowest BCUT2D eigenvalue weighted by atomic mass is 9.75. The first-order valence-electron chi connectivity index (χ1n) is 9.88. The molecule has 0 aromatic heterocycles. The molecule has 2 N–H and O–H groups in total. The Kier molecular flexibility index (Phi) is 4.14. The number of likely N-dealkylation sites (tertiary alicyclic amines) is 1. The van der Waals surface area contributed by atoms with Gasteiger partial charge in [-0.15, -0.1) is 0 Å². The maximum Gasteiger partial charge on any atom is 0.250 e. The van der Waals surface area contributed by atoms with Crippen LogP contribution in [0.4, 0.5) is 5.69 Å². The molecule has 1 aromatic rings. The van der Waals surface area contributed by atoms with E-state index in [1.807, 2.05) is 45.9 Å². The second-order valence-electron chi connectivity index (χ2n) is 8.41. The molecule has 2 saturated heterocycles. The molecule has 3 heterocycles. The highest BCUT2D eigenvalue weighted by molar-refractivity contribution is 6.15. The molecule has 3 aliphatic heterocycles. The Morgan fingerprint density at radius 2 is 1.93 bits per heavy atom. The molecule has 0 bridgehead atoms. The van der Waals surface area contributed by atoms with Crippen molar-refractivity contribution in [2.75, 3.05) is 11.9 Å². The molecule has 0 radical (unpaired) electrons. The molecule has 2 fully saturated rings. The minimum absolute atomic E-state index is 0.126. The number of unbranched alkanes of at least 4 members (excludes halogenated alkanes) is 1. The van der Waals surface area contributed by atoms with E-state index in [1.54, 1.807) is 0 Å². The van der Waals surface area contributed by atoms with Crippen molar-refractivity contribution in [1.82, 2.24) is 10.2 Å². The van der Waals surface area contributed by atoms with Crippen molar-refractivity contribution in [3.05, 3.63) is 29.3 Å². The van der Waals surface area contributed by atoms with E-state index in [1.165, 1.54) is 4.90 Å². The van der Waals surface area contributed by atoms with Crippen LogP contribution < -0.4 is 10.6 Å². The van der Waals surface area contributed by atoms with E-state index >= 15 is 0 Å². The Morgan fingerprint density at radius 1 is 1.19 bits per heavy atom. The van der Waals surface area contributed by atoms with Gasteiger partial charge in [-0.3, -0.25) is 24.6 Å². The standard InChI is InChI=1S/C21H27N3O3/c1-5-6-9-24-18(25)15-16(19(24)26)21(23-17(15)11(2)3)13-10-12(4)7-8-14(13)22-20(21)27/h7-8,10-11,15-17,23H,5-6,9H2,1-4H3,(H,22,27)/t15-,16-,17+,21-/m0/s1. The van der Waals surface area contributed by atoms with Crippen LogP contribution in [-0.2, 0) is 19.9 Å². The summed E-state index contributed by atoms with van der Waals surface area (Å²) in [7, 11) is 0. The van der Waals surface area contributed by atoms with Crippen molar-refractivity contribution in [3.8, 4) is 0 Å². The van der Waals surface area contributed by atoms with Crippen molar-refractivity contribution in [1.29, 1.82) is 0 Å². The van der Waals surface area contributed by atoms with Gasteiger partial charge in [0, 0.05) is 23.8 Å². The van der Waals surface area contributed by atoms with Crippen LogP contribution in [0, 0.1) is 24.7 Å². The van der Waals surface area contributed by atoms with E-state index in [0.717, 1.165) is 29.7 Å². The van der Waals surface area contributed by atoms with Gasteiger partial charge in [0.2, 0.25) is 17.7 Å². The van der Waals surface area contributed by atoms with Gasteiger partial charge in [-0.2, -0.15) is 0 Å². The monoisotopic (exact) mass is 369 g/mol. The van der Waals surface area contributed by atoms with E-state index in [-0.39, 0.29) is 29.7 Å². The van der Waals surface area contributed by atoms with Gasteiger partial charge in [0.1, 0.15) is 5.54 Å². The number of imide groups is 1. The Balaban J connectivity index is 1.86. The number of benzene rings is 1.